The average Bonchev–Trinajstić information content (AvgIpc) is 2.57. The quantitative estimate of drug-likeness (QED) is 0.799. The van der Waals surface area contributed by atoms with Crippen LogP contribution < -0.4 is 5.32 Å². The van der Waals surface area contributed by atoms with E-state index in [2.05, 4.69) is 47.1 Å². The lowest BCUT2D eigenvalue weighted by atomic mass is 10.1. The summed E-state index contributed by atoms with van der Waals surface area (Å²) in [5, 5.41) is 3.63. The summed E-state index contributed by atoms with van der Waals surface area (Å²) in [7, 11) is 0. The van der Waals surface area contributed by atoms with Crippen LogP contribution in [-0.2, 0) is 0 Å². The van der Waals surface area contributed by atoms with Crippen molar-refractivity contribution in [2.75, 3.05) is 25.0 Å². The predicted octanol–water partition coefficient (Wildman–Crippen LogP) is 3.14. The molecule has 0 amide bonds. The first-order chi connectivity index (χ1) is 8.38. The number of likely N-dealkylation sites (tertiary alicyclic amines) is 1. The van der Waals surface area contributed by atoms with E-state index in [9.17, 15) is 0 Å². The van der Waals surface area contributed by atoms with Crippen molar-refractivity contribution in [3.8, 4) is 0 Å². The molecule has 1 aromatic rings. The molecule has 2 nitrogen and oxygen atoms in total. The van der Waals surface area contributed by atoms with E-state index < -0.39 is 0 Å². The fourth-order valence-electron chi connectivity index (χ4n) is 2.44. The summed E-state index contributed by atoms with van der Waals surface area (Å²) in [5.74, 6) is 0. The highest BCUT2D eigenvalue weighted by atomic mass is 15.1. The second kappa shape index (κ2) is 6.45. The molecule has 1 N–H and O–H groups in total. The Morgan fingerprint density at radius 2 is 2.06 bits per heavy atom. The maximum atomic E-state index is 3.81. The van der Waals surface area contributed by atoms with Gasteiger partial charge in [-0.1, -0.05) is 24.3 Å². The molecule has 2 rings (SSSR count). The lowest BCUT2D eigenvalue weighted by Gasteiger charge is -2.19. The van der Waals surface area contributed by atoms with Gasteiger partial charge in [0.05, 0.1) is 0 Å². The number of para-hydroxylation sites is 1. The number of hydrogen-bond donors (Lipinski definition) is 1. The van der Waals surface area contributed by atoms with Crippen LogP contribution in [0, 0.1) is 0 Å². The van der Waals surface area contributed by atoms with Crippen molar-refractivity contribution in [1.29, 1.82) is 0 Å². The van der Waals surface area contributed by atoms with E-state index in [1.54, 1.807) is 0 Å². The minimum Gasteiger partial charge on any atom is -0.382 e. The van der Waals surface area contributed by atoms with Gasteiger partial charge in [0.2, 0.25) is 0 Å². The summed E-state index contributed by atoms with van der Waals surface area (Å²) < 4.78 is 0. The van der Waals surface area contributed by atoms with E-state index in [4.69, 9.17) is 0 Å². The maximum absolute atomic E-state index is 3.81. The van der Waals surface area contributed by atoms with Crippen LogP contribution in [0.25, 0.3) is 0 Å². The molecule has 2 heteroatoms. The molecule has 1 aromatic carbocycles. The highest BCUT2D eigenvalue weighted by Gasteiger charge is 2.15. The van der Waals surface area contributed by atoms with E-state index in [1.807, 2.05) is 6.08 Å². The first-order valence-corrected chi connectivity index (χ1v) is 6.53. The van der Waals surface area contributed by atoms with Crippen molar-refractivity contribution in [3.05, 3.63) is 43.0 Å². The summed E-state index contributed by atoms with van der Waals surface area (Å²) >= 11 is 0. The SMILES string of the molecule is C=CCN1CCC[C@H](Nc2ccccc2)CC1. The molecule has 1 aliphatic heterocycles. The lowest BCUT2D eigenvalue weighted by Crippen LogP contribution is -2.26. The molecule has 1 fully saturated rings. The Bertz CT molecular complexity index is 334. The number of nitrogens with one attached hydrogen (secondary N) is 1. The first-order valence-electron chi connectivity index (χ1n) is 6.53. The molecule has 0 saturated carbocycles. The third-order valence-corrected chi connectivity index (χ3v) is 3.35. The van der Waals surface area contributed by atoms with Gasteiger partial charge in [-0.15, -0.1) is 6.58 Å². The third-order valence-electron chi connectivity index (χ3n) is 3.35. The van der Waals surface area contributed by atoms with E-state index in [0.717, 1.165) is 6.54 Å². The molecule has 1 heterocycles. The Labute approximate surface area is 104 Å². The van der Waals surface area contributed by atoms with Gasteiger partial charge in [0.25, 0.3) is 0 Å². The molecule has 1 atom stereocenters. The molecule has 1 aliphatic rings. The van der Waals surface area contributed by atoms with Gasteiger partial charge in [0.15, 0.2) is 0 Å². The minimum absolute atomic E-state index is 0.618. The molecule has 0 radical (unpaired) electrons. The van der Waals surface area contributed by atoms with Crippen LogP contribution in [0.5, 0.6) is 0 Å². The summed E-state index contributed by atoms with van der Waals surface area (Å²) in [5.41, 5.74) is 1.25. The minimum atomic E-state index is 0.618. The Morgan fingerprint density at radius 1 is 1.24 bits per heavy atom. The topological polar surface area (TPSA) is 15.3 Å². The van der Waals surface area contributed by atoms with Crippen LogP contribution in [0.2, 0.25) is 0 Å². The molecule has 1 saturated heterocycles. The standard InChI is InChI=1S/C15H22N2/c1-2-11-17-12-6-9-15(10-13-17)16-14-7-4-3-5-8-14/h2-5,7-8,15-16H,1,6,9-13H2/t15-/m0/s1. The second-order valence-corrected chi connectivity index (χ2v) is 4.73. The van der Waals surface area contributed by atoms with Gasteiger partial charge in [0.1, 0.15) is 0 Å². The van der Waals surface area contributed by atoms with Gasteiger partial charge in [-0.3, -0.25) is 4.90 Å². The molecule has 17 heavy (non-hydrogen) atoms. The first kappa shape index (κ1) is 12.2. The maximum Gasteiger partial charge on any atom is 0.0342 e. The van der Waals surface area contributed by atoms with E-state index >= 15 is 0 Å². The molecule has 0 spiro atoms. The van der Waals surface area contributed by atoms with Gasteiger partial charge in [-0.25, -0.2) is 0 Å². The Hall–Kier alpha value is -1.28. The zero-order chi connectivity index (χ0) is 11.9. The van der Waals surface area contributed by atoms with Crippen LogP contribution in [0.3, 0.4) is 0 Å². The fraction of sp³-hybridized carbons (Fsp3) is 0.467. The highest BCUT2D eigenvalue weighted by molar-refractivity contribution is 5.43. The number of benzene rings is 1. The number of rotatable bonds is 4. The van der Waals surface area contributed by atoms with Gasteiger partial charge >= 0.3 is 0 Å². The van der Waals surface area contributed by atoms with Crippen molar-refractivity contribution in [3.63, 3.8) is 0 Å². The molecule has 0 unspecified atom stereocenters. The highest BCUT2D eigenvalue weighted by Crippen LogP contribution is 2.16. The molecule has 0 aromatic heterocycles. The normalized spacial score (nSPS) is 21.8. The zero-order valence-electron chi connectivity index (χ0n) is 10.4. The summed E-state index contributed by atoms with van der Waals surface area (Å²) in [6, 6.07) is 11.1. The number of nitrogens with zero attached hydrogens (tertiary/aromatic N) is 1. The third kappa shape index (κ3) is 3.90. The van der Waals surface area contributed by atoms with Crippen LogP contribution in [0.1, 0.15) is 19.3 Å². The summed E-state index contributed by atoms with van der Waals surface area (Å²) in [4.78, 5) is 2.49. The number of anilines is 1. The Morgan fingerprint density at radius 3 is 2.82 bits per heavy atom. The monoisotopic (exact) mass is 230 g/mol. The van der Waals surface area contributed by atoms with Gasteiger partial charge in [0, 0.05) is 24.8 Å². The zero-order valence-corrected chi connectivity index (χ0v) is 10.4. The smallest absolute Gasteiger partial charge is 0.0342 e. The van der Waals surface area contributed by atoms with Crippen LogP contribution in [0.4, 0.5) is 5.69 Å². The van der Waals surface area contributed by atoms with Crippen molar-refractivity contribution in [1.82, 2.24) is 4.90 Å². The van der Waals surface area contributed by atoms with Crippen molar-refractivity contribution >= 4 is 5.69 Å². The van der Waals surface area contributed by atoms with Crippen molar-refractivity contribution in [2.24, 2.45) is 0 Å². The van der Waals surface area contributed by atoms with Crippen LogP contribution in [-0.4, -0.2) is 30.6 Å². The van der Waals surface area contributed by atoms with Gasteiger partial charge in [-0.05, 0) is 37.9 Å². The molecule has 92 valence electrons. The summed E-state index contributed by atoms with van der Waals surface area (Å²) in [6.45, 7) is 7.23. The van der Waals surface area contributed by atoms with Crippen LogP contribution >= 0.6 is 0 Å². The molecule has 0 aliphatic carbocycles. The second-order valence-electron chi connectivity index (χ2n) is 4.73. The van der Waals surface area contributed by atoms with Crippen molar-refractivity contribution < 1.29 is 0 Å². The largest absolute Gasteiger partial charge is 0.382 e. The lowest BCUT2D eigenvalue weighted by molar-refractivity contribution is 0.315. The van der Waals surface area contributed by atoms with Crippen molar-refractivity contribution in [2.45, 2.75) is 25.3 Å². The van der Waals surface area contributed by atoms with E-state index in [-0.39, 0.29) is 0 Å². The Balaban J connectivity index is 1.84. The predicted molar refractivity (Wildman–Crippen MR) is 74.3 cm³/mol. The molecule has 0 bridgehead atoms. The van der Waals surface area contributed by atoms with E-state index in [1.165, 1.54) is 38.0 Å². The van der Waals surface area contributed by atoms with Gasteiger partial charge in [-0.2, -0.15) is 0 Å². The van der Waals surface area contributed by atoms with Crippen LogP contribution in [0.15, 0.2) is 43.0 Å². The van der Waals surface area contributed by atoms with Gasteiger partial charge < -0.3 is 5.32 Å². The average molecular weight is 230 g/mol. The van der Waals surface area contributed by atoms with E-state index in [0.29, 0.717) is 6.04 Å². The molecular weight excluding hydrogens is 208 g/mol. The number of hydrogen-bond acceptors (Lipinski definition) is 2. The summed E-state index contributed by atoms with van der Waals surface area (Å²) in [6.07, 6.45) is 5.77. The Kier molecular flexibility index (Phi) is 4.63. The fourth-order valence-corrected chi connectivity index (χ4v) is 2.44. The molecular formula is C15H22N2.